The molecule has 18 heavy (non-hydrogen) atoms. The number of ether oxygens (including phenoxy) is 1. The van der Waals surface area contributed by atoms with Gasteiger partial charge in [-0.25, -0.2) is 4.98 Å². The van der Waals surface area contributed by atoms with Crippen LogP contribution in [0.2, 0.25) is 0 Å². The lowest BCUT2D eigenvalue weighted by Crippen LogP contribution is -2.49. The van der Waals surface area contributed by atoms with Gasteiger partial charge < -0.3 is 19.8 Å². The number of nitro groups is 1. The molecule has 1 N–H and O–H groups in total. The molecule has 0 aromatic carbocycles. The fraction of sp³-hybridized carbons (Fsp3) is 0.500. The lowest BCUT2D eigenvalue weighted by atomic mass is 10.2. The van der Waals surface area contributed by atoms with Gasteiger partial charge in [-0.05, 0) is 11.0 Å². The fourth-order valence-corrected chi connectivity index (χ4v) is 2.08. The lowest BCUT2D eigenvalue weighted by molar-refractivity contribution is -0.389. The summed E-state index contributed by atoms with van der Waals surface area (Å²) in [7, 11) is 0. The first-order valence-corrected chi connectivity index (χ1v) is 5.95. The van der Waals surface area contributed by atoms with E-state index in [-0.39, 0.29) is 29.3 Å². The summed E-state index contributed by atoms with van der Waals surface area (Å²) in [5, 5.41) is 10.5. The van der Waals surface area contributed by atoms with Crippen molar-refractivity contribution >= 4 is 23.3 Å². The zero-order chi connectivity index (χ0) is 13.1. The van der Waals surface area contributed by atoms with Crippen molar-refractivity contribution in [3.63, 3.8) is 0 Å². The van der Waals surface area contributed by atoms with Crippen molar-refractivity contribution < 1.29 is 14.5 Å². The molecule has 1 atom stereocenters. The molecule has 0 spiro atoms. The predicted octanol–water partition coefficient (Wildman–Crippen LogP) is 1.00. The van der Waals surface area contributed by atoms with Crippen molar-refractivity contribution in [2.75, 3.05) is 25.6 Å². The van der Waals surface area contributed by atoms with Crippen LogP contribution in [0.1, 0.15) is 10.5 Å². The van der Waals surface area contributed by atoms with Gasteiger partial charge in [-0.3, -0.25) is 4.79 Å². The van der Waals surface area contributed by atoms with E-state index in [0.29, 0.717) is 19.8 Å². The molecule has 1 fully saturated rings. The third-order valence-corrected chi connectivity index (χ3v) is 3.12. The Hall–Kier alpha value is -1.60. The molecule has 1 aliphatic heterocycles. The molecule has 1 aliphatic rings. The summed E-state index contributed by atoms with van der Waals surface area (Å²) in [5.74, 6) is -0.222. The first kappa shape index (κ1) is 12.8. The molecule has 7 nitrogen and oxygen atoms in total. The van der Waals surface area contributed by atoms with E-state index in [4.69, 9.17) is 16.3 Å². The quantitative estimate of drug-likeness (QED) is 0.505. The highest BCUT2D eigenvalue weighted by Gasteiger charge is 2.30. The zero-order valence-corrected chi connectivity index (χ0v) is 10.2. The molecule has 98 valence electrons. The van der Waals surface area contributed by atoms with Gasteiger partial charge in [0, 0.05) is 18.5 Å². The van der Waals surface area contributed by atoms with E-state index in [1.807, 2.05) is 0 Å². The number of aromatic nitrogens is 1. The number of amides is 1. The highest BCUT2D eigenvalue weighted by molar-refractivity contribution is 6.18. The van der Waals surface area contributed by atoms with Gasteiger partial charge in [0.05, 0.1) is 19.3 Å². The Balaban J connectivity index is 2.15. The average molecular weight is 274 g/mol. The predicted molar refractivity (Wildman–Crippen MR) is 63.8 cm³/mol. The molecule has 2 heterocycles. The van der Waals surface area contributed by atoms with Gasteiger partial charge in [0.15, 0.2) is 5.69 Å². The number of hydrogen-bond acceptors (Lipinski definition) is 4. The Bertz CT molecular complexity index is 462. The van der Waals surface area contributed by atoms with Crippen molar-refractivity contribution in [3.05, 3.63) is 27.9 Å². The Morgan fingerprint density at radius 3 is 3.06 bits per heavy atom. The van der Waals surface area contributed by atoms with E-state index < -0.39 is 4.92 Å². The topological polar surface area (TPSA) is 88.5 Å². The highest BCUT2D eigenvalue weighted by atomic mass is 35.5. The second-order valence-corrected chi connectivity index (χ2v) is 4.20. The van der Waals surface area contributed by atoms with Gasteiger partial charge >= 0.3 is 5.82 Å². The highest BCUT2D eigenvalue weighted by Crippen LogP contribution is 2.16. The fourth-order valence-electron chi connectivity index (χ4n) is 1.82. The average Bonchev–Trinajstić information content (AvgIpc) is 2.87. The molecule has 0 aliphatic carbocycles. The Labute approximate surface area is 108 Å². The van der Waals surface area contributed by atoms with Gasteiger partial charge in [-0.1, -0.05) is 0 Å². The first-order chi connectivity index (χ1) is 8.63. The van der Waals surface area contributed by atoms with Gasteiger partial charge in [0.1, 0.15) is 0 Å². The van der Waals surface area contributed by atoms with Crippen molar-refractivity contribution in [3.8, 4) is 0 Å². The number of rotatable bonds is 3. The van der Waals surface area contributed by atoms with Crippen LogP contribution in [0.5, 0.6) is 0 Å². The minimum absolute atomic E-state index is 0.193. The van der Waals surface area contributed by atoms with Crippen molar-refractivity contribution in [1.82, 2.24) is 9.88 Å². The molecule has 8 heteroatoms. The van der Waals surface area contributed by atoms with Crippen LogP contribution in [-0.2, 0) is 4.74 Å². The Kier molecular flexibility index (Phi) is 3.83. The van der Waals surface area contributed by atoms with Crippen molar-refractivity contribution in [2.24, 2.45) is 0 Å². The number of carbonyl (C=O) groups is 1. The largest absolute Gasteiger partial charge is 0.377 e. The summed E-state index contributed by atoms with van der Waals surface area (Å²) in [4.78, 5) is 26.2. The summed E-state index contributed by atoms with van der Waals surface area (Å²) in [6.07, 6.45) is 0. The van der Waals surface area contributed by atoms with Crippen molar-refractivity contribution in [1.29, 1.82) is 0 Å². The molecule has 0 saturated carbocycles. The van der Waals surface area contributed by atoms with Crippen LogP contribution in [0.25, 0.3) is 0 Å². The summed E-state index contributed by atoms with van der Waals surface area (Å²) < 4.78 is 5.24. The maximum atomic E-state index is 12.2. The van der Waals surface area contributed by atoms with E-state index in [0.717, 1.165) is 0 Å². The number of H-pyrrole nitrogens is 1. The van der Waals surface area contributed by atoms with Crippen LogP contribution >= 0.6 is 11.6 Å². The molecule has 1 aromatic rings. The van der Waals surface area contributed by atoms with E-state index in [2.05, 4.69) is 4.98 Å². The number of carbonyl (C=O) groups excluding carboxylic acids is 1. The van der Waals surface area contributed by atoms with Crippen LogP contribution in [0, 0.1) is 10.1 Å². The maximum Gasteiger partial charge on any atom is 0.321 e. The monoisotopic (exact) mass is 273 g/mol. The number of nitrogens with one attached hydrogen (secondary N) is 1. The SMILES string of the molecule is O=C(c1ccc([N+](=O)[O-])[nH]1)N1CCOCC1CCl. The van der Waals surface area contributed by atoms with Gasteiger partial charge in [-0.2, -0.15) is 0 Å². The van der Waals surface area contributed by atoms with Crippen LogP contribution in [-0.4, -0.2) is 52.4 Å². The molecule has 2 rings (SSSR count). The number of nitrogens with zero attached hydrogens (tertiary/aromatic N) is 2. The first-order valence-electron chi connectivity index (χ1n) is 5.41. The van der Waals surface area contributed by atoms with E-state index in [1.165, 1.54) is 12.1 Å². The number of aromatic amines is 1. The molecule has 1 saturated heterocycles. The maximum absolute atomic E-state index is 12.2. The normalized spacial score (nSPS) is 19.8. The minimum atomic E-state index is -0.574. The third-order valence-electron chi connectivity index (χ3n) is 2.76. The van der Waals surface area contributed by atoms with Gasteiger partial charge in [0.2, 0.25) is 0 Å². The van der Waals surface area contributed by atoms with Crippen LogP contribution in [0.4, 0.5) is 5.82 Å². The molecule has 0 radical (unpaired) electrons. The smallest absolute Gasteiger partial charge is 0.321 e. The zero-order valence-electron chi connectivity index (χ0n) is 9.47. The molecule has 1 unspecified atom stereocenters. The van der Waals surface area contributed by atoms with Crippen LogP contribution < -0.4 is 0 Å². The third kappa shape index (κ3) is 2.46. The lowest BCUT2D eigenvalue weighted by Gasteiger charge is -2.33. The summed E-state index contributed by atoms with van der Waals surface area (Å²) >= 11 is 5.77. The Morgan fingerprint density at radius 1 is 1.67 bits per heavy atom. The molecular formula is C10H12ClN3O4. The van der Waals surface area contributed by atoms with Gasteiger partial charge in [0.25, 0.3) is 5.91 Å². The van der Waals surface area contributed by atoms with E-state index >= 15 is 0 Å². The van der Waals surface area contributed by atoms with Crippen molar-refractivity contribution in [2.45, 2.75) is 6.04 Å². The van der Waals surface area contributed by atoms with Crippen LogP contribution in [0.15, 0.2) is 12.1 Å². The molecule has 0 bridgehead atoms. The summed E-state index contributed by atoms with van der Waals surface area (Å²) in [6, 6.07) is 2.47. The molecular weight excluding hydrogens is 262 g/mol. The molecule has 1 amide bonds. The number of hydrogen-bond donors (Lipinski definition) is 1. The second kappa shape index (κ2) is 5.36. The number of halogens is 1. The molecule has 1 aromatic heterocycles. The van der Waals surface area contributed by atoms with Crippen LogP contribution in [0.3, 0.4) is 0 Å². The Morgan fingerprint density at radius 2 is 2.44 bits per heavy atom. The van der Waals surface area contributed by atoms with E-state index in [1.54, 1.807) is 4.90 Å². The van der Waals surface area contributed by atoms with Gasteiger partial charge in [-0.15, -0.1) is 11.6 Å². The number of alkyl halides is 1. The summed E-state index contributed by atoms with van der Waals surface area (Å²) in [5.41, 5.74) is 0.193. The standard InChI is InChI=1S/C10H12ClN3O4/c11-5-7-6-18-4-3-13(7)10(15)8-1-2-9(12-8)14(16)17/h1-2,7,12H,3-6H2. The second-order valence-electron chi connectivity index (χ2n) is 3.90. The summed E-state index contributed by atoms with van der Waals surface area (Å²) in [6.45, 7) is 1.27. The van der Waals surface area contributed by atoms with E-state index in [9.17, 15) is 14.9 Å². The number of morpholine rings is 1. The minimum Gasteiger partial charge on any atom is -0.377 e.